The van der Waals surface area contributed by atoms with Crippen molar-refractivity contribution < 1.29 is 0 Å². The molecule has 90 valence electrons. The number of nitrogens with zero attached hydrogens (tertiary/aromatic N) is 2. The molecular formula is C10H10Cl2N4S. The predicted octanol–water partition coefficient (Wildman–Crippen LogP) is 2.59. The highest BCUT2D eigenvalue weighted by Crippen LogP contribution is 2.28. The summed E-state index contributed by atoms with van der Waals surface area (Å²) in [7, 11) is 0. The Balaban J connectivity index is 2.22. The van der Waals surface area contributed by atoms with Gasteiger partial charge in [-0.25, -0.2) is 0 Å². The van der Waals surface area contributed by atoms with E-state index in [4.69, 9.17) is 29.0 Å². The zero-order valence-electron chi connectivity index (χ0n) is 8.73. The molecule has 7 heteroatoms. The molecule has 1 aromatic carbocycles. The number of nitrogens with two attached hydrogens (primary N) is 1. The van der Waals surface area contributed by atoms with Crippen LogP contribution in [0.4, 0.5) is 0 Å². The fraction of sp³-hybridized carbons (Fsp3) is 0.200. The molecule has 0 saturated heterocycles. The van der Waals surface area contributed by atoms with E-state index >= 15 is 0 Å². The van der Waals surface area contributed by atoms with Crippen LogP contribution in [-0.2, 0) is 6.42 Å². The maximum absolute atomic E-state index is 6.12. The first-order chi connectivity index (χ1) is 8.22. The third kappa shape index (κ3) is 2.94. The number of halogens is 2. The largest absolute Gasteiger partial charge is 0.271 e. The summed E-state index contributed by atoms with van der Waals surface area (Å²) in [4.78, 5) is 0. The Hall–Kier alpha value is -0.720. The number of hydrogen-bond donors (Lipinski definition) is 2. The summed E-state index contributed by atoms with van der Waals surface area (Å²) in [5, 5.41) is 6.93. The lowest BCUT2D eigenvalue weighted by Gasteiger charge is -2.14. The molecule has 1 atom stereocenters. The van der Waals surface area contributed by atoms with Gasteiger partial charge in [0.1, 0.15) is 0 Å². The van der Waals surface area contributed by atoms with Gasteiger partial charge in [0.05, 0.1) is 21.8 Å². The van der Waals surface area contributed by atoms with Crippen molar-refractivity contribution in [1.29, 1.82) is 0 Å². The molecule has 4 nitrogen and oxygen atoms in total. The molecule has 0 aliphatic carbocycles. The molecule has 1 heterocycles. The third-order valence-electron chi connectivity index (χ3n) is 2.39. The van der Waals surface area contributed by atoms with Crippen molar-refractivity contribution >= 4 is 34.7 Å². The van der Waals surface area contributed by atoms with Crippen molar-refractivity contribution in [3.05, 3.63) is 44.9 Å². The summed E-state index contributed by atoms with van der Waals surface area (Å²) in [5.74, 6) is 5.51. The van der Waals surface area contributed by atoms with Crippen LogP contribution < -0.4 is 11.3 Å². The summed E-state index contributed by atoms with van der Waals surface area (Å²) in [5.41, 5.74) is 4.43. The Labute approximate surface area is 113 Å². The lowest BCUT2D eigenvalue weighted by molar-refractivity contribution is 0.537. The van der Waals surface area contributed by atoms with Crippen LogP contribution >= 0.6 is 34.7 Å². The van der Waals surface area contributed by atoms with Crippen molar-refractivity contribution in [1.82, 2.24) is 15.0 Å². The molecule has 0 fully saturated rings. The number of hydrogen-bond acceptors (Lipinski definition) is 5. The summed E-state index contributed by atoms with van der Waals surface area (Å²) in [6.45, 7) is 0. The Morgan fingerprint density at radius 3 is 2.88 bits per heavy atom. The van der Waals surface area contributed by atoms with Crippen LogP contribution in [0.25, 0.3) is 0 Å². The van der Waals surface area contributed by atoms with Crippen LogP contribution in [0.5, 0.6) is 0 Å². The summed E-state index contributed by atoms with van der Waals surface area (Å²) >= 11 is 13.4. The molecule has 0 saturated carbocycles. The van der Waals surface area contributed by atoms with Crippen molar-refractivity contribution in [3.63, 3.8) is 0 Å². The van der Waals surface area contributed by atoms with Gasteiger partial charge in [0.2, 0.25) is 0 Å². The van der Waals surface area contributed by atoms with Crippen LogP contribution in [-0.4, -0.2) is 9.59 Å². The number of rotatable bonds is 4. The van der Waals surface area contributed by atoms with E-state index in [2.05, 4.69) is 15.0 Å². The Morgan fingerprint density at radius 1 is 1.41 bits per heavy atom. The van der Waals surface area contributed by atoms with Crippen LogP contribution in [0.1, 0.15) is 17.3 Å². The predicted molar refractivity (Wildman–Crippen MR) is 70.1 cm³/mol. The molecule has 1 aromatic heterocycles. The minimum Gasteiger partial charge on any atom is -0.271 e. The van der Waals surface area contributed by atoms with E-state index in [1.807, 2.05) is 17.5 Å². The van der Waals surface area contributed by atoms with Crippen molar-refractivity contribution in [2.75, 3.05) is 0 Å². The lowest BCUT2D eigenvalue weighted by Crippen LogP contribution is -2.30. The van der Waals surface area contributed by atoms with Crippen molar-refractivity contribution in [2.24, 2.45) is 5.84 Å². The van der Waals surface area contributed by atoms with E-state index in [1.165, 1.54) is 11.5 Å². The first-order valence-electron chi connectivity index (χ1n) is 4.88. The van der Waals surface area contributed by atoms with Gasteiger partial charge in [0, 0.05) is 5.38 Å². The number of nitrogens with one attached hydrogen (secondary N) is 1. The highest BCUT2D eigenvalue weighted by atomic mass is 35.5. The Kier molecular flexibility index (Phi) is 4.31. The molecule has 0 radical (unpaired) electrons. The van der Waals surface area contributed by atoms with E-state index in [0.29, 0.717) is 16.5 Å². The van der Waals surface area contributed by atoms with Crippen LogP contribution in [0, 0.1) is 0 Å². The van der Waals surface area contributed by atoms with Crippen LogP contribution in [0.15, 0.2) is 23.6 Å². The summed E-state index contributed by atoms with van der Waals surface area (Å²) in [6, 6.07) is 5.40. The van der Waals surface area contributed by atoms with E-state index in [0.717, 1.165) is 11.3 Å². The molecule has 0 aliphatic heterocycles. The highest BCUT2D eigenvalue weighted by Gasteiger charge is 2.15. The smallest absolute Gasteiger partial charge is 0.0941 e. The zero-order valence-corrected chi connectivity index (χ0v) is 11.1. The number of aromatic nitrogens is 2. The van der Waals surface area contributed by atoms with E-state index < -0.39 is 0 Å². The zero-order chi connectivity index (χ0) is 12.3. The average Bonchev–Trinajstić information content (AvgIpc) is 2.85. The topological polar surface area (TPSA) is 63.8 Å². The van der Waals surface area contributed by atoms with Gasteiger partial charge in [0.25, 0.3) is 0 Å². The van der Waals surface area contributed by atoms with Gasteiger partial charge in [-0.1, -0.05) is 39.8 Å². The van der Waals surface area contributed by atoms with Gasteiger partial charge in [-0.2, -0.15) is 0 Å². The molecule has 0 amide bonds. The Morgan fingerprint density at radius 2 is 2.24 bits per heavy atom. The van der Waals surface area contributed by atoms with Gasteiger partial charge in [0.15, 0.2) is 0 Å². The minimum absolute atomic E-state index is 0.121. The average molecular weight is 289 g/mol. The SMILES string of the molecule is NNC(Cc1cccc(Cl)c1Cl)c1csnn1. The van der Waals surface area contributed by atoms with E-state index in [1.54, 1.807) is 6.07 Å². The summed E-state index contributed by atoms with van der Waals surface area (Å²) in [6.07, 6.45) is 0.612. The molecule has 0 aliphatic rings. The standard InChI is InChI=1S/C10H10Cl2N4S/c11-7-3-1-2-6(10(7)12)4-8(14-13)9-5-17-16-15-9/h1-3,5,8,14H,4,13H2. The van der Waals surface area contributed by atoms with Gasteiger partial charge >= 0.3 is 0 Å². The van der Waals surface area contributed by atoms with E-state index in [9.17, 15) is 0 Å². The second-order valence-corrected chi connectivity index (χ2v) is 4.86. The van der Waals surface area contributed by atoms with Crippen molar-refractivity contribution in [3.8, 4) is 0 Å². The fourth-order valence-electron chi connectivity index (χ4n) is 1.50. The highest BCUT2D eigenvalue weighted by molar-refractivity contribution is 7.03. The van der Waals surface area contributed by atoms with Gasteiger partial charge in [-0.05, 0) is 29.6 Å². The molecule has 3 N–H and O–H groups in total. The van der Waals surface area contributed by atoms with Crippen LogP contribution in [0.2, 0.25) is 10.0 Å². The fourth-order valence-corrected chi connectivity index (χ4v) is 2.40. The molecule has 0 spiro atoms. The molecule has 2 rings (SSSR count). The maximum Gasteiger partial charge on any atom is 0.0941 e. The number of hydrazine groups is 1. The quantitative estimate of drug-likeness (QED) is 0.671. The second kappa shape index (κ2) is 5.75. The molecular weight excluding hydrogens is 279 g/mol. The van der Waals surface area contributed by atoms with E-state index in [-0.39, 0.29) is 6.04 Å². The van der Waals surface area contributed by atoms with Crippen molar-refractivity contribution in [2.45, 2.75) is 12.5 Å². The van der Waals surface area contributed by atoms with Crippen LogP contribution in [0.3, 0.4) is 0 Å². The molecule has 17 heavy (non-hydrogen) atoms. The minimum atomic E-state index is -0.121. The molecule has 1 unspecified atom stereocenters. The Bertz CT molecular complexity index is 489. The van der Waals surface area contributed by atoms with Gasteiger partial charge in [-0.3, -0.25) is 11.3 Å². The van der Waals surface area contributed by atoms with Gasteiger partial charge in [-0.15, -0.1) is 5.10 Å². The second-order valence-electron chi connectivity index (χ2n) is 3.47. The first kappa shape index (κ1) is 12.7. The lowest BCUT2D eigenvalue weighted by atomic mass is 10.0. The molecule has 2 aromatic rings. The normalized spacial score (nSPS) is 12.6. The van der Waals surface area contributed by atoms with Gasteiger partial charge < -0.3 is 0 Å². The summed E-state index contributed by atoms with van der Waals surface area (Å²) < 4.78 is 3.81. The third-order valence-corrected chi connectivity index (χ3v) is 3.77. The maximum atomic E-state index is 6.12. The first-order valence-corrected chi connectivity index (χ1v) is 6.47. The molecule has 0 bridgehead atoms. The number of benzene rings is 1. The monoisotopic (exact) mass is 288 g/mol.